The Bertz CT molecular complexity index is 1430. The minimum absolute atomic E-state index is 0.00728. The van der Waals surface area contributed by atoms with Gasteiger partial charge < -0.3 is 14.4 Å². The Hall–Kier alpha value is -3.70. The Balaban J connectivity index is 1.29. The third-order valence-electron chi connectivity index (χ3n) is 6.53. The van der Waals surface area contributed by atoms with Gasteiger partial charge in [0.05, 0.1) is 28.3 Å². The van der Waals surface area contributed by atoms with E-state index in [9.17, 15) is 20.0 Å². The SMILES string of the molecule is COc1cc([N+](=O)[O-])cc(CN2CCC(c3nccn3Cn3c(=O)sc4ccccc43)CC2)c1O. The average Bonchev–Trinajstić information content (AvgIpc) is 3.45. The molecule has 1 aliphatic heterocycles. The quantitative estimate of drug-likeness (QED) is 0.306. The molecule has 1 N–H and O–H groups in total. The number of likely N-dealkylation sites (tertiary alicyclic amines) is 1. The molecule has 4 aromatic rings. The van der Waals surface area contributed by atoms with Crippen LogP contribution in [0.15, 0.2) is 53.6 Å². The van der Waals surface area contributed by atoms with Crippen LogP contribution in [0.25, 0.3) is 10.2 Å². The van der Waals surface area contributed by atoms with Gasteiger partial charge in [0.25, 0.3) is 5.69 Å². The van der Waals surface area contributed by atoms with Crippen molar-refractivity contribution in [2.75, 3.05) is 20.2 Å². The first kappa shape index (κ1) is 23.1. The molecule has 0 saturated carbocycles. The molecule has 1 aliphatic rings. The molecular formula is C24H25N5O5S. The molecule has 0 unspecified atom stereocenters. The Kier molecular flexibility index (Phi) is 6.27. The highest BCUT2D eigenvalue weighted by molar-refractivity contribution is 7.16. The van der Waals surface area contributed by atoms with Crippen molar-refractivity contribution < 1.29 is 14.8 Å². The summed E-state index contributed by atoms with van der Waals surface area (Å²) >= 11 is 1.25. The van der Waals surface area contributed by atoms with Crippen molar-refractivity contribution in [3.8, 4) is 11.5 Å². The number of nitro benzene ring substituents is 1. The van der Waals surface area contributed by atoms with Crippen LogP contribution in [0.3, 0.4) is 0 Å². The number of para-hydroxylation sites is 1. The van der Waals surface area contributed by atoms with Gasteiger partial charge in [-0.1, -0.05) is 23.5 Å². The molecule has 0 amide bonds. The molecule has 3 heterocycles. The lowest BCUT2D eigenvalue weighted by Crippen LogP contribution is -2.33. The van der Waals surface area contributed by atoms with Crippen LogP contribution in [0.2, 0.25) is 0 Å². The standard InChI is InChI=1S/C24H25N5O5S/c1-34-20-13-18(29(32)33)12-17(22(20)30)14-26-9-6-16(7-10-26)23-25-8-11-27(23)15-28-19-4-2-3-5-21(19)35-24(28)31/h2-5,8,11-13,16,30H,6-7,9-10,14-15H2,1H3. The molecule has 0 atom stereocenters. The number of imidazole rings is 1. The van der Waals surface area contributed by atoms with Gasteiger partial charge in [-0.2, -0.15) is 0 Å². The highest BCUT2D eigenvalue weighted by Crippen LogP contribution is 2.36. The zero-order valence-electron chi connectivity index (χ0n) is 19.2. The number of phenols is 1. The number of piperidine rings is 1. The van der Waals surface area contributed by atoms with Crippen molar-refractivity contribution >= 4 is 27.2 Å². The number of aromatic hydroxyl groups is 1. The van der Waals surface area contributed by atoms with E-state index in [-0.39, 0.29) is 28.0 Å². The van der Waals surface area contributed by atoms with Crippen LogP contribution < -0.4 is 9.61 Å². The Morgan fingerprint density at radius 2 is 2.03 bits per heavy atom. The Morgan fingerprint density at radius 3 is 2.77 bits per heavy atom. The van der Waals surface area contributed by atoms with Crippen molar-refractivity contribution in [2.24, 2.45) is 0 Å². The van der Waals surface area contributed by atoms with Gasteiger partial charge in [0.1, 0.15) is 12.5 Å². The van der Waals surface area contributed by atoms with Gasteiger partial charge in [-0.3, -0.25) is 24.4 Å². The number of nitro groups is 1. The lowest BCUT2D eigenvalue weighted by Gasteiger charge is -2.32. The number of hydrogen-bond donors (Lipinski definition) is 1. The fourth-order valence-corrected chi connectivity index (χ4v) is 5.61. The predicted molar refractivity (Wildman–Crippen MR) is 132 cm³/mol. The number of hydrogen-bond acceptors (Lipinski definition) is 8. The summed E-state index contributed by atoms with van der Waals surface area (Å²) in [5.74, 6) is 1.22. The molecule has 0 spiro atoms. The van der Waals surface area contributed by atoms with Gasteiger partial charge in [0.15, 0.2) is 11.5 Å². The molecule has 10 nitrogen and oxygen atoms in total. The van der Waals surface area contributed by atoms with Crippen molar-refractivity contribution in [1.82, 2.24) is 19.0 Å². The summed E-state index contributed by atoms with van der Waals surface area (Å²) in [6.07, 6.45) is 5.38. The van der Waals surface area contributed by atoms with E-state index in [1.807, 2.05) is 35.0 Å². The van der Waals surface area contributed by atoms with Gasteiger partial charge in [-0.05, 0) is 38.1 Å². The summed E-state index contributed by atoms with van der Waals surface area (Å²) in [4.78, 5) is 30.1. The normalized spacial score (nSPS) is 15.0. The summed E-state index contributed by atoms with van der Waals surface area (Å²) in [7, 11) is 1.38. The molecule has 0 radical (unpaired) electrons. The van der Waals surface area contributed by atoms with Gasteiger partial charge >= 0.3 is 4.87 Å². The lowest BCUT2D eigenvalue weighted by molar-refractivity contribution is -0.385. The van der Waals surface area contributed by atoms with Gasteiger partial charge in [-0.15, -0.1) is 0 Å². The Labute approximate surface area is 204 Å². The van der Waals surface area contributed by atoms with Gasteiger partial charge in [0.2, 0.25) is 0 Å². The zero-order chi connectivity index (χ0) is 24.5. The number of phenolic OH excluding ortho intramolecular Hbond substituents is 1. The number of benzene rings is 2. The van der Waals surface area contributed by atoms with Crippen molar-refractivity contribution in [1.29, 1.82) is 0 Å². The summed E-state index contributed by atoms with van der Waals surface area (Å²) in [6.45, 7) is 2.31. The summed E-state index contributed by atoms with van der Waals surface area (Å²) in [5, 5.41) is 21.7. The largest absolute Gasteiger partial charge is 0.504 e. The van der Waals surface area contributed by atoms with Crippen LogP contribution in [0.4, 0.5) is 5.69 Å². The molecule has 2 aromatic carbocycles. The molecular weight excluding hydrogens is 470 g/mol. The van der Waals surface area contributed by atoms with E-state index in [0.717, 1.165) is 42.0 Å². The first-order chi connectivity index (χ1) is 16.9. The topological polar surface area (TPSA) is 116 Å². The molecule has 0 aliphatic carbocycles. The van der Waals surface area contributed by atoms with Crippen LogP contribution in [0.5, 0.6) is 11.5 Å². The highest BCUT2D eigenvalue weighted by Gasteiger charge is 2.26. The van der Waals surface area contributed by atoms with Crippen molar-refractivity contribution in [3.63, 3.8) is 0 Å². The maximum atomic E-state index is 12.6. The molecule has 1 saturated heterocycles. The first-order valence-electron chi connectivity index (χ1n) is 11.3. The maximum absolute atomic E-state index is 12.6. The Morgan fingerprint density at radius 1 is 1.26 bits per heavy atom. The predicted octanol–water partition coefficient (Wildman–Crippen LogP) is 3.77. The van der Waals surface area contributed by atoms with Crippen molar-refractivity contribution in [3.05, 3.63) is 80.0 Å². The molecule has 11 heteroatoms. The third-order valence-corrected chi connectivity index (χ3v) is 7.49. The summed E-state index contributed by atoms with van der Waals surface area (Å²) < 4.78 is 9.90. The summed E-state index contributed by atoms with van der Waals surface area (Å²) in [6, 6.07) is 10.4. The monoisotopic (exact) mass is 495 g/mol. The van der Waals surface area contributed by atoms with E-state index in [1.54, 1.807) is 10.8 Å². The number of thiazole rings is 1. The fraction of sp³-hybridized carbons (Fsp3) is 0.333. The van der Waals surface area contributed by atoms with E-state index < -0.39 is 4.92 Å². The number of nitrogens with zero attached hydrogens (tertiary/aromatic N) is 5. The molecule has 1 fully saturated rings. The van der Waals surface area contributed by atoms with Crippen LogP contribution in [0, 0.1) is 10.1 Å². The number of aromatic nitrogens is 3. The highest BCUT2D eigenvalue weighted by atomic mass is 32.1. The number of ether oxygens (including phenoxy) is 1. The minimum atomic E-state index is -0.487. The average molecular weight is 496 g/mol. The van der Waals surface area contributed by atoms with Gasteiger partial charge in [-0.25, -0.2) is 4.98 Å². The summed E-state index contributed by atoms with van der Waals surface area (Å²) in [5.41, 5.74) is 1.28. The van der Waals surface area contributed by atoms with E-state index in [0.29, 0.717) is 18.8 Å². The number of non-ortho nitro benzene ring substituents is 1. The van der Waals surface area contributed by atoms with Gasteiger partial charge in [0, 0.05) is 36.5 Å². The second-order valence-electron chi connectivity index (χ2n) is 8.62. The van der Waals surface area contributed by atoms with E-state index in [1.165, 1.54) is 30.6 Å². The van der Waals surface area contributed by atoms with E-state index >= 15 is 0 Å². The lowest BCUT2D eigenvalue weighted by atomic mass is 9.95. The van der Waals surface area contributed by atoms with Crippen LogP contribution in [-0.4, -0.2) is 49.2 Å². The number of methoxy groups -OCH3 is 1. The van der Waals surface area contributed by atoms with Crippen LogP contribution in [0.1, 0.15) is 30.1 Å². The molecule has 35 heavy (non-hydrogen) atoms. The molecule has 5 rings (SSSR count). The maximum Gasteiger partial charge on any atom is 0.309 e. The second kappa shape index (κ2) is 9.51. The molecule has 0 bridgehead atoms. The minimum Gasteiger partial charge on any atom is -0.504 e. The van der Waals surface area contributed by atoms with E-state index in [2.05, 4.69) is 9.88 Å². The smallest absolute Gasteiger partial charge is 0.309 e. The first-order valence-corrected chi connectivity index (χ1v) is 12.1. The number of rotatable bonds is 7. The van der Waals surface area contributed by atoms with E-state index in [4.69, 9.17) is 4.74 Å². The fourth-order valence-electron chi connectivity index (χ4n) is 4.72. The molecule has 2 aromatic heterocycles. The van der Waals surface area contributed by atoms with Crippen LogP contribution in [-0.2, 0) is 13.2 Å². The number of fused-ring (bicyclic) bond motifs is 1. The zero-order valence-corrected chi connectivity index (χ0v) is 20.0. The van der Waals surface area contributed by atoms with Crippen molar-refractivity contribution in [2.45, 2.75) is 32.0 Å². The molecule has 182 valence electrons. The van der Waals surface area contributed by atoms with Crippen LogP contribution >= 0.6 is 11.3 Å². The third kappa shape index (κ3) is 4.52. The second-order valence-corrected chi connectivity index (χ2v) is 9.62.